The summed E-state index contributed by atoms with van der Waals surface area (Å²) in [6.45, 7) is 0. The number of rotatable bonds is 4. The van der Waals surface area contributed by atoms with E-state index in [4.69, 9.17) is 11.6 Å². The zero-order valence-corrected chi connectivity index (χ0v) is 10.7. The molecule has 0 saturated heterocycles. The molecule has 1 saturated carbocycles. The maximum absolute atomic E-state index is 11.9. The molecule has 1 aromatic carbocycles. The second-order valence-electron chi connectivity index (χ2n) is 4.12. The molecule has 0 heterocycles. The molecule has 1 nitrogen and oxygen atoms in total. The van der Waals surface area contributed by atoms with Crippen LogP contribution < -0.4 is 0 Å². The van der Waals surface area contributed by atoms with E-state index in [1.54, 1.807) is 23.9 Å². The summed E-state index contributed by atoms with van der Waals surface area (Å²) >= 11 is 7.77. The van der Waals surface area contributed by atoms with Crippen molar-refractivity contribution >= 4 is 29.1 Å². The summed E-state index contributed by atoms with van der Waals surface area (Å²) in [6, 6.07) is 7.29. The highest BCUT2D eigenvalue weighted by Crippen LogP contribution is 2.30. The molecule has 3 heteroatoms. The van der Waals surface area contributed by atoms with Gasteiger partial charge in [0.1, 0.15) is 0 Å². The highest BCUT2D eigenvalue weighted by Gasteiger charge is 2.17. The van der Waals surface area contributed by atoms with Gasteiger partial charge < -0.3 is 0 Å². The van der Waals surface area contributed by atoms with Crippen molar-refractivity contribution in [2.75, 3.05) is 5.75 Å². The Bertz CT molecular complexity index is 372. The van der Waals surface area contributed by atoms with Crippen LogP contribution in [0.25, 0.3) is 0 Å². The Morgan fingerprint density at radius 2 is 2.00 bits per heavy atom. The number of carbonyl (C=O) groups is 1. The lowest BCUT2D eigenvalue weighted by molar-refractivity contribution is 0.102. The molecule has 1 fully saturated rings. The van der Waals surface area contributed by atoms with Crippen LogP contribution in [0.2, 0.25) is 5.02 Å². The van der Waals surface area contributed by atoms with E-state index in [2.05, 4.69) is 0 Å². The standard InChI is InChI=1S/C13H15ClOS/c14-12-8-4-3-7-11(12)13(15)9-16-10-5-1-2-6-10/h3-4,7-8,10H,1-2,5-6,9H2. The summed E-state index contributed by atoms with van der Waals surface area (Å²) in [7, 11) is 0. The van der Waals surface area contributed by atoms with Crippen LogP contribution >= 0.6 is 23.4 Å². The molecule has 1 aliphatic rings. The van der Waals surface area contributed by atoms with Crippen molar-refractivity contribution < 1.29 is 4.79 Å². The van der Waals surface area contributed by atoms with E-state index in [9.17, 15) is 4.79 Å². The monoisotopic (exact) mass is 254 g/mol. The normalized spacial score (nSPS) is 16.6. The van der Waals surface area contributed by atoms with Crippen LogP contribution in [0.4, 0.5) is 0 Å². The van der Waals surface area contributed by atoms with Crippen LogP contribution in [0.3, 0.4) is 0 Å². The van der Waals surface area contributed by atoms with Crippen LogP contribution in [0.15, 0.2) is 24.3 Å². The molecule has 86 valence electrons. The molecular formula is C13H15ClOS. The Morgan fingerprint density at radius 3 is 2.69 bits per heavy atom. The van der Waals surface area contributed by atoms with Crippen LogP contribution in [0.1, 0.15) is 36.0 Å². The number of benzene rings is 1. The fourth-order valence-corrected chi connectivity index (χ4v) is 3.46. The van der Waals surface area contributed by atoms with Gasteiger partial charge in [0, 0.05) is 10.8 Å². The van der Waals surface area contributed by atoms with Gasteiger partial charge in [-0.25, -0.2) is 0 Å². The minimum absolute atomic E-state index is 0.155. The van der Waals surface area contributed by atoms with Crippen molar-refractivity contribution in [2.45, 2.75) is 30.9 Å². The van der Waals surface area contributed by atoms with E-state index in [0.717, 1.165) is 0 Å². The smallest absolute Gasteiger partial charge is 0.174 e. The van der Waals surface area contributed by atoms with Gasteiger partial charge in [-0.2, -0.15) is 11.8 Å². The maximum atomic E-state index is 11.9. The summed E-state index contributed by atoms with van der Waals surface area (Å²) in [5.41, 5.74) is 0.662. The summed E-state index contributed by atoms with van der Waals surface area (Å²) in [4.78, 5) is 11.9. The molecule has 0 N–H and O–H groups in total. The third kappa shape index (κ3) is 3.02. The van der Waals surface area contributed by atoms with E-state index in [1.807, 2.05) is 12.1 Å². The number of halogens is 1. The number of carbonyl (C=O) groups excluding carboxylic acids is 1. The predicted molar refractivity (Wildman–Crippen MR) is 70.5 cm³/mol. The van der Waals surface area contributed by atoms with Gasteiger partial charge in [-0.15, -0.1) is 0 Å². The lowest BCUT2D eigenvalue weighted by atomic mass is 10.1. The molecule has 1 aromatic rings. The third-order valence-electron chi connectivity index (χ3n) is 2.93. The van der Waals surface area contributed by atoms with Gasteiger partial charge in [0.15, 0.2) is 5.78 Å². The fraction of sp³-hybridized carbons (Fsp3) is 0.462. The van der Waals surface area contributed by atoms with Gasteiger partial charge in [-0.3, -0.25) is 4.79 Å². The third-order valence-corrected chi connectivity index (χ3v) is 4.63. The molecule has 16 heavy (non-hydrogen) atoms. The number of Topliss-reactive ketones (excluding diaryl/α,β-unsaturated/α-hetero) is 1. The molecule has 0 aromatic heterocycles. The number of thioether (sulfide) groups is 1. The second-order valence-corrected chi connectivity index (χ2v) is 5.82. The Balaban J connectivity index is 1.90. The van der Waals surface area contributed by atoms with E-state index in [-0.39, 0.29) is 5.78 Å². The Morgan fingerprint density at radius 1 is 1.31 bits per heavy atom. The molecule has 0 bridgehead atoms. The minimum Gasteiger partial charge on any atom is -0.293 e. The molecule has 0 amide bonds. The van der Waals surface area contributed by atoms with E-state index >= 15 is 0 Å². The quantitative estimate of drug-likeness (QED) is 0.749. The Hall–Kier alpha value is -0.470. The van der Waals surface area contributed by atoms with Crippen LogP contribution in [0, 0.1) is 0 Å². The number of hydrogen-bond donors (Lipinski definition) is 0. The van der Waals surface area contributed by atoms with Gasteiger partial charge in [0.25, 0.3) is 0 Å². The molecule has 0 atom stereocenters. The molecule has 2 rings (SSSR count). The second kappa shape index (κ2) is 5.74. The van der Waals surface area contributed by atoms with Crippen LogP contribution in [-0.2, 0) is 0 Å². The molecule has 0 unspecified atom stereocenters. The first-order valence-corrected chi connectivity index (χ1v) is 7.09. The Labute approximate surface area is 106 Å². The van der Waals surface area contributed by atoms with E-state index in [1.165, 1.54) is 25.7 Å². The lowest BCUT2D eigenvalue weighted by Crippen LogP contribution is -2.06. The van der Waals surface area contributed by atoms with E-state index < -0.39 is 0 Å². The minimum atomic E-state index is 0.155. The lowest BCUT2D eigenvalue weighted by Gasteiger charge is -2.08. The zero-order chi connectivity index (χ0) is 11.4. The molecule has 0 spiro atoms. The number of hydrogen-bond acceptors (Lipinski definition) is 2. The van der Waals surface area contributed by atoms with Crippen molar-refractivity contribution in [3.63, 3.8) is 0 Å². The highest BCUT2D eigenvalue weighted by molar-refractivity contribution is 8.00. The maximum Gasteiger partial charge on any atom is 0.174 e. The van der Waals surface area contributed by atoms with Crippen molar-refractivity contribution in [1.29, 1.82) is 0 Å². The van der Waals surface area contributed by atoms with E-state index in [0.29, 0.717) is 21.6 Å². The topological polar surface area (TPSA) is 17.1 Å². The first-order valence-electron chi connectivity index (χ1n) is 5.66. The van der Waals surface area contributed by atoms with Gasteiger partial charge >= 0.3 is 0 Å². The average Bonchev–Trinajstić information content (AvgIpc) is 2.79. The van der Waals surface area contributed by atoms with Crippen molar-refractivity contribution in [1.82, 2.24) is 0 Å². The van der Waals surface area contributed by atoms with Gasteiger partial charge in [0.05, 0.1) is 10.8 Å². The summed E-state index contributed by atoms with van der Waals surface area (Å²) in [5, 5.41) is 1.26. The largest absolute Gasteiger partial charge is 0.293 e. The fourth-order valence-electron chi connectivity index (χ4n) is 2.01. The van der Waals surface area contributed by atoms with Gasteiger partial charge in [0.2, 0.25) is 0 Å². The molecule has 1 aliphatic carbocycles. The van der Waals surface area contributed by atoms with Crippen molar-refractivity contribution in [2.24, 2.45) is 0 Å². The number of ketones is 1. The summed E-state index contributed by atoms with van der Waals surface area (Å²) in [6.07, 6.45) is 5.16. The van der Waals surface area contributed by atoms with Gasteiger partial charge in [-0.1, -0.05) is 36.6 Å². The zero-order valence-electron chi connectivity index (χ0n) is 9.12. The Kier molecular flexibility index (Phi) is 4.30. The van der Waals surface area contributed by atoms with Crippen molar-refractivity contribution in [3.05, 3.63) is 34.9 Å². The summed E-state index contributed by atoms with van der Waals surface area (Å²) in [5.74, 6) is 0.719. The van der Waals surface area contributed by atoms with Crippen LogP contribution in [-0.4, -0.2) is 16.8 Å². The van der Waals surface area contributed by atoms with Crippen LogP contribution in [0.5, 0.6) is 0 Å². The highest BCUT2D eigenvalue weighted by atomic mass is 35.5. The SMILES string of the molecule is O=C(CSC1CCCC1)c1ccccc1Cl. The van der Waals surface area contributed by atoms with Crippen molar-refractivity contribution in [3.8, 4) is 0 Å². The molecule has 0 aliphatic heterocycles. The summed E-state index contributed by atoms with van der Waals surface area (Å²) < 4.78 is 0. The first kappa shape index (κ1) is 12.0. The first-order chi connectivity index (χ1) is 7.77. The molecule has 0 radical (unpaired) electrons. The average molecular weight is 255 g/mol. The predicted octanol–water partition coefficient (Wildman–Crippen LogP) is 4.20. The molecular weight excluding hydrogens is 240 g/mol. The van der Waals surface area contributed by atoms with Gasteiger partial charge in [-0.05, 0) is 25.0 Å².